The second kappa shape index (κ2) is 7.13. The molecular formula is C18H32N2O. The maximum atomic E-state index is 12.8. The molecule has 0 aromatic carbocycles. The lowest BCUT2D eigenvalue weighted by Gasteiger charge is -2.40. The van der Waals surface area contributed by atoms with Crippen molar-refractivity contribution in [2.45, 2.75) is 83.2 Å². The first-order chi connectivity index (χ1) is 10.2. The van der Waals surface area contributed by atoms with Gasteiger partial charge in [-0.3, -0.25) is 4.79 Å². The number of rotatable bonds is 3. The van der Waals surface area contributed by atoms with E-state index < -0.39 is 0 Å². The van der Waals surface area contributed by atoms with Gasteiger partial charge in [0.05, 0.1) is 0 Å². The summed E-state index contributed by atoms with van der Waals surface area (Å²) in [6, 6.07) is 1.25. The Morgan fingerprint density at radius 2 is 1.57 bits per heavy atom. The van der Waals surface area contributed by atoms with Crippen molar-refractivity contribution < 1.29 is 4.79 Å². The van der Waals surface area contributed by atoms with E-state index in [2.05, 4.69) is 17.1 Å². The molecule has 0 aromatic rings. The number of hydrogen-bond acceptors (Lipinski definition) is 2. The average Bonchev–Trinajstić information content (AvgIpc) is 2.99. The van der Waals surface area contributed by atoms with E-state index in [0.717, 1.165) is 25.9 Å². The van der Waals surface area contributed by atoms with Crippen molar-refractivity contribution in [1.29, 1.82) is 0 Å². The van der Waals surface area contributed by atoms with Crippen LogP contribution in [0.1, 0.15) is 71.1 Å². The summed E-state index contributed by atoms with van der Waals surface area (Å²) in [6.45, 7) is 4.25. The van der Waals surface area contributed by atoms with Crippen LogP contribution in [-0.4, -0.2) is 36.0 Å². The number of likely N-dealkylation sites (tertiary alicyclic amines) is 1. The van der Waals surface area contributed by atoms with Crippen LogP contribution in [0.3, 0.4) is 0 Å². The van der Waals surface area contributed by atoms with Crippen LogP contribution in [0.4, 0.5) is 0 Å². The van der Waals surface area contributed by atoms with Crippen molar-refractivity contribution in [1.82, 2.24) is 10.2 Å². The fourth-order valence-corrected chi connectivity index (χ4v) is 4.69. The van der Waals surface area contributed by atoms with Gasteiger partial charge in [-0.25, -0.2) is 0 Å². The van der Waals surface area contributed by atoms with E-state index in [1.165, 1.54) is 51.4 Å². The van der Waals surface area contributed by atoms with Gasteiger partial charge in [0.15, 0.2) is 0 Å². The first-order valence-corrected chi connectivity index (χ1v) is 9.27. The molecule has 2 aliphatic carbocycles. The Labute approximate surface area is 129 Å². The quantitative estimate of drug-likeness (QED) is 0.865. The Kier molecular flexibility index (Phi) is 5.20. The lowest BCUT2D eigenvalue weighted by Crippen LogP contribution is -2.54. The topological polar surface area (TPSA) is 32.3 Å². The molecule has 2 saturated carbocycles. The molecule has 0 radical (unpaired) electrons. The first-order valence-electron chi connectivity index (χ1n) is 9.27. The number of carbonyl (C=O) groups is 1. The van der Waals surface area contributed by atoms with Gasteiger partial charge in [-0.2, -0.15) is 0 Å². The summed E-state index contributed by atoms with van der Waals surface area (Å²) in [7, 11) is 0. The molecule has 3 heteroatoms. The van der Waals surface area contributed by atoms with Crippen molar-refractivity contribution in [2.24, 2.45) is 11.8 Å². The molecule has 1 N–H and O–H groups in total. The SMILES string of the molecule is CC1CC(NC2CCCC2)CN(C(=O)C2CCCCC2)C1. The van der Waals surface area contributed by atoms with E-state index in [-0.39, 0.29) is 0 Å². The molecule has 1 amide bonds. The minimum Gasteiger partial charge on any atom is -0.341 e. The van der Waals surface area contributed by atoms with Gasteiger partial charge in [-0.1, -0.05) is 39.0 Å². The largest absolute Gasteiger partial charge is 0.341 e. The number of piperidine rings is 1. The normalized spacial score (nSPS) is 32.5. The number of carbonyl (C=O) groups excluding carboxylic acids is 1. The predicted molar refractivity (Wildman–Crippen MR) is 86.1 cm³/mol. The summed E-state index contributed by atoms with van der Waals surface area (Å²) < 4.78 is 0. The third-order valence-electron chi connectivity index (χ3n) is 5.75. The molecule has 2 unspecified atom stereocenters. The molecule has 0 bridgehead atoms. The van der Waals surface area contributed by atoms with Crippen LogP contribution in [-0.2, 0) is 4.79 Å². The Morgan fingerprint density at radius 1 is 0.905 bits per heavy atom. The highest BCUT2D eigenvalue weighted by Crippen LogP contribution is 2.28. The van der Waals surface area contributed by atoms with Crippen LogP contribution in [0, 0.1) is 11.8 Å². The molecule has 3 nitrogen and oxygen atoms in total. The Bertz CT molecular complexity index is 345. The number of nitrogens with zero attached hydrogens (tertiary/aromatic N) is 1. The van der Waals surface area contributed by atoms with Crippen molar-refractivity contribution in [3.63, 3.8) is 0 Å². The highest BCUT2D eigenvalue weighted by atomic mass is 16.2. The van der Waals surface area contributed by atoms with Gasteiger partial charge in [0.25, 0.3) is 0 Å². The van der Waals surface area contributed by atoms with Gasteiger partial charge in [0.1, 0.15) is 0 Å². The zero-order valence-corrected chi connectivity index (χ0v) is 13.7. The maximum absolute atomic E-state index is 12.8. The summed E-state index contributed by atoms with van der Waals surface area (Å²) in [5.41, 5.74) is 0. The fraction of sp³-hybridized carbons (Fsp3) is 0.944. The highest BCUT2D eigenvalue weighted by molar-refractivity contribution is 5.79. The molecule has 3 rings (SSSR count). The minimum absolute atomic E-state index is 0.330. The Balaban J connectivity index is 1.55. The molecule has 1 saturated heterocycles. The lowest BCUT2D eigenvalue weighted by molar-refractivity contribution is -0.138. The number of nitrogens with one attached hydrogen (secondary N) is 1. The number of hydrogen-bond donors (Lipinski definition) is 1. The molecular weight excluding hydrogens is 260 g/mol. The zero-order valence-electron chi connectivity index (χ0n) is 13.7. The second-order valence-electron chi connectivity index (χ2n) is 7.76. The monoisotopic (exact) mass is 292 g/mol. The molecule has 3 aliphatic rings. The third-order valence-corrected chi connectivity index (χ3v) is 5.75. The van der Waals surface area contributed by atoms with Crippen molar-refractivity contribution >= 4 is 5.91 Å². The van der Waals surface area contributed by atoms with E-state index >= 15 is 0 Å². The standard InChI is InChI=1S/C18H32N2O/c1-14-11-17(19-16-9-5-6-10-16)13-20(12-14)18(21)15-7-3-2-4-8-15/h14-17,19H,2-13H2,1H3. The van der Waals surface area contributed by atoms with Gasteiger partial charge in [0, 0.05) is 31.1 Å². The van der Waals surface area contributed by atoms with Crippen molar-refractivity contribution in [3.8, 4) is 0 Å². The molecule has 1 aliphatic heterocycles. The molecule has 3 fully saturated rings. The summed E-state index contributed by atoms with van der Waals surface area (Å²) in [4.78, 5) is 15.0. The van der Waals surface area contributed by atoms with Gasteiger partial charge in [-0.15, -0.1) is 0 Å². The van der Waals surface area contributed by atoms with E-state index in [0.29, 0.717) is 29.8 Å². The molecule has 21 heavy (non-hydrogen) atoms. The van der Waals surface area contributed by atoms with Crippen LogP contribution in [0.15, 0.2) is 0 Å². The van der Waals surface area contributed by atoms with E-state index in [1.54, 1.807) is 0 Å². The average molecular weight is 292 g/mol. The predicted octanol–water partition coefficient (Wildman–Crippen LogP) is 3.34. The van der Waals surface area contributed by atoms with E-state index in [1.807, 2.05) is 0 Å². The van der Waals surface area contributed by atoms with Gasteiger partial charge >= 0.3 is 0 Å². The van der Waals surface area contributed by atoms with Crippen LogP contribution in [0.25, 0.3) is 0 Å². The van der Waals surface area contributed by atoms with Crippen molar-refractivity contribution in [2.75, 3.05) is 13.1 Å². The minimum atomic E-state index is 0.330. The molecule has 1 heterocycles. The fourth-order valence-electron chi connectivity index (χ4n) is 4.69. The van der Waals surface area contributed by atoms with Crippen LogP contribution in [0.2, 0.25) is 0 Å². The van der Waals surface area contributed by atoms with Crippen LogP contribution >= 0.6 is 0 Å². The molecule has 0 spiro atoms. The van der Waals surface area contributed by atoms with E-state index in [4.69, 9.17) is 0 Å². The van der Waals surface area contributed by atoms with Gasteiger partial charge in [0.2, 0.25) is 5.91 Å². The third kappa shape index (κ3) is 4.00. The van der Waals surface area contributed by atoms with Gasteiger partial charge < -0.3 is 10.2 Å². The second-order valence-corrected chi connectivity index (χ2v) is 7.76. The van der Waals surface area contributed by atoms with Crippen LogP contribution < -0.4 is 5.32 Å². The first kappa shape index (κ1) is 15.3. The van der Waals surface area contributed by atoms with Crippen LogP contribution in [0.5, 0.6) is 0 Å². The summed E-state index contributed by atoms with van der Waals surface area (Å²) in [6.07, 6.45) is 12.8. The molecule has 0 aromatic heterocycles. The van der Waals surface area contributed by atoms with E-state index in [9.17, 15) is 4.79 Å². The number of amides is 1. The maximum Gasteiger partial charge on any atom is 0.225 e. The lowest BCUT2D eigenvalue weighted by atomic mass is 9.86. The smallest absolute Gasteiger partial charge is 0.225 e. The Hall–Kier alpha value is -0.570. The summed E-state index contributed by atoms with van der Waals surface area (Å²) >= 11 is 0. The van der Waals surface area contributed by atoms with Crippen molar-refractivity contribution in [3.05, 3.63) is 0 Å². The molecule has 120 valence electrons. The summed E-state index contributed by atoms with van der Waals surface area (Å²) in [5.74, 6) is 1.43. The zero-order chi connectivity index (χ0) is 14.7. The highest BCUT2D eigenvalue weighted by Gasteiger charge is 2.33. The molecule has 2 atom stereocenters. The van der Waals surface area contributed by atoms with Gasteiger partial charge in [-0.05, 0) is 38.0 Å². The Morgan fingerprint density at radius 3 is 2.29 bits per heavy atom. The summed E-state index contributed by atoms with van der Waals surface area (Å²) in [5, 5.41) is 3.84.